The van der Waals surface area contributed by atoms with Gasteiger partial charge in [-0.3, -0.25) is 9.59 Å². The Balaban J connectivity index is 3.41. The predicted molar refractivity (Wildman–Crippen MR) is 142 cm³/mol. The largest absolute Gasteiger partial charge is 0.507 e. The minimum atomic E-state index is -1.05. The summed E-state index contributed by atoms with van der Waals surface area (Å²) >= 11 is 1.55. The predicted octanol–water partition coefficient (Wildman–Crippen LogP) is 4.54. The van der Waals surface area contributed by atoms with E-state index in [0.717, 1.165) is 12.8 Å². The van der Waals surface area contributed by atoms with Crippen molar-refractivity contribution < 1.29 is 24.2 Å². The molecule has 3 atom stereocenters. The zero-order chi connectivity index (χ0) is 26.8. The quantitative estimate of drug-likeness (QED) is 0.382. The van der Waals surface area contributed by atoms with Crippen LogP contribution in [0.25, 0.3) is 0 Å². The van der Waals surface area contributed by atoms with Gasteiger partial charge in [0.1, 0.15) is 23.4 Å². The number of nitrogens with zero attached hydrogens (tertiary/aromatic N) is 1. The lowest BCUT2D eigenvalue weighted by Crippen LogP contribution is -2.53. The smallest absolute Gasteiger partial charge is 0.408 e. The number of carbonyl (C=O) groups is 3. The van der Waals surface area contributed by atoms with E-state index in [-0.39, 0.29) is 24.2 Å². The average Bonchev–Trinajstić information content (AvgIpc) is 2.75. The van der Waals surface area contributed by atoms with Crippen LogP contribution >= 0.6 is 11.8 Å². The molecule has 0 aliphatic carbocycles. The van der Waals surface area contributed by atoms with Gasteiger partial charge in [0.05, 0.1) is 0 Å². The number of aryl methyl sites for hydroxylation is 1. The zero-order valence-electron chi connectivity index (χ0n) is 22.4. The molecule has 0 aliphatic rings. The Morgan fingerprint density at radius 1 is 1.14 bits per heavy atom. The lowest BCUT2D eigenvalue weighted by atomic mass is 9.98. The Kier molecular flexibility index (Phi) is 12.4. The van der Waals surface area contributed by atoms with Gasteiger partial charge in [-0.25, -0.2) is 4.79 Å². The molecule has 1 rings (SSSR count). The molecular weight excluding hydrogens is 466 g/mol. The van der Waals surface area contributed by atoms with Crippen molar-refractivity contribution in [3.05, 3.63) is 29.3 Å². The van der Waals surface area contributed by atoms with Crippen LogP contribution in [0.2, 0.25) is 0 Å². The number of hydrogen-bond acceptors (Lipinski definition) is 6. The van der Waals surface area contributed by atoms with E-state index in [0.29, 0.717) is 23.3 Å². The number of likely N-dealkylation sites (N-methyl/N-ethyl adjacent to an activating group) is 1. The summed E-state index contributed by atoms with van der Waals surface area (Å²) in [6.07, 6.45) is 3.28. The number of hydrogen-bond donors (Lipinski definition) is 3. The molecule has 8 nitrogen and oxygen atoms in total. The molecule has 0 bridgehead atoms. The van der Waals surface area contributed by atoms with Gasteiger partial charge in [0.15, 0.2) is 0 Å². The van der Waals surface area contributed by atoms with E-state index >= 15 is 0 Å². The number of phenolic OH excluding ortho intramolecular Hbond substituents is 1. The number of ether oxygens (including phenoxy) is 1. The van der Waals surface area contributed by atoms with Crippen LogP contribution in [-0.4, -0.2) is 64.2 Å². The van der Waals surface area contributed by atoms with E-state index in [1.165, 1.54) is 4.90 Å². The number of para-hydroxylation sites is 1. The van der Waals surface area contributed by atoms with Crippen molar-refractivity contribution >= 4 is 29.7 Å². The molecule has 0 aliphatic heterocycles. The first-order chi connectivity index (χ1) is 16.4. The number of carbonyl (C=O) groups excluding carboxylic acids is 3. The van der Waals surface area contributed by atoms with Crippen molar-refractivity contribution in [3.8, 4) is 5.75 Å². The topological polar surface area (TPSA) is 108 Å². The standard InChI is InChI=1S/C26H43N3O5S/c1-9-12-18(4)27-23(31)21(19-14-11-13-17(3)22(19)30)29(10-2)24(32)20(15-16-35-8)28-25(33)34-26(5,6)7/h11,13-14,18,20-21,30H,9-10,12,15-16H2,1-8H3,(H,27,31)(H,28,33). The molecule has 9 heteroatoms. The highest BCUT2D eigenvalue weighted by atomic mass is 32.2. The number of rotatable bonds is 12. The summed E-state index contributed by atoms with van der Waals surface area (Å²) in [5.74, 6) is -0.175. The molecule has 0 radical (unpaired) electrons. The Morgan fingerprint density at radius 3 is 2.34 bits per heavy atom. The minimum Gasteiger partial charge on any atom is -0.507 e. The molecule has 0 fully saturated rings. The van der Waals surface area contributed by atoms with E-state index in [1.54, 1.807) is 64.6 Å². The zero-order valence-corrected chi connectivity index (χ0v) is 23.3. The second kappa shape index (κ2) is 14.2. The van der Waals surface area contributed by atoms with Crippen LogP contribution in [0.15, 0.2) is 18.2 Å². The van der Waals surface area contributed by atoms with Gasteiger partial charge in [-0.2, -0.15) is 11.8 Å². The maximum Gasteiger partial charge on any atom is 0.408 e. The monoisotopic (exact) mass is 509 g/mol. The van der Waals surface area contributed by atoms with Crippen LogP contribution in [0.1, 0.15) is 78.0 Å². The summed E-state index contributed by atoms with van der Waals surface area (Å²) in [5.41, 5.74) is 0.241. The molecule has 0 aromatic heterocycles. The van der Waals surface area contributed by atoms with Gasteiger partial charge in [-0.05, 0) is 72.0 Å². The van der Waals surface area contributed by atoms with E-state index in [9.17, 15) is 19.5 Å². The Labute approximate surface area is 214 Å². The third-order valence-corrected chi connectivity index (χ3v) is 6.10. The second-order valence-corrected chi connectivity index (χ2v) is 10.7. The number of nitrogens with one attached hydrogen (secondary N) is 2. The lowest BCUT2D eigenvalue weighted by Gasteiger charge is -2.34. The number of benzene rings is 1. The number of thioether (sulfide) groups is 1. The van der Waals surface area contributed by atoms with Gasteiger partial charge in [0.25, 0.3) is 0 Å². The average molecular weight is 510 g/mol. The van der Waals surface area contributed by atoms with Crippen molar-refractivity contribution in [2.45, 2.75) is 91.5 Å². The van der Waals surface area contributed by atoms with E-state index in [4.69, 9.17) is 4.74 Å². The maximum absolute atomic E-state index is 13.8. The van der Waals surface area contributed by atoms with Crippen LogP contribution in [0.5, 0.6) is 5.75 Å². The summed E-state index contributed by atoms with van der Waals surface area (Å²) in [5, 5.41) is 16.5. The Bertz CT molecular complexity index is 856. The first-order valence-corrected chi connectivity index (χ1v) is 13.6. The van der Waals surface area contributed by atoms with Gasteiger partial charge in [-0.1, -0.05) is 31.5 Å². The fraction of sp³-hybridized carbons (Fsp3) is 0.654. The van der Waals surface area contributed by atoms with Crippen molar-refractivity contribution in [1.29, 1.82) is 0 Å². The van der Waals surface area contributed by atoms with Crippen LogP contribution in [0.3, 0.4) is 0 Å². The van der Waals surface area contributed by atoms with Gasteiger partial charge in [-0.15, -0.1) is 0 Å². The summed E-state index contributed by atoms with van der Waals surface area (Å²) in [6.45, 7) is 12.9. The molecule has 3 N–H and O–H groups in total. The fourth-order valence-electron chi connectivity index (χ4n) is 3.79. The fourth-order valence-corrected chi connectivity index (χ4v) is 4.26. The molecule has 0 spiro atoms. The third kappa shape index (κ3) is 9.63. The number of phenols is 1. The van der Waals surface area contributed by atoms with E-state index in [1.807, 2.05) is 20.1 Å². The van der Waals surface area contributed by atoms with Gasteiger partial charge in [0.2, 0.25) is 11.8 Å². The highest BCUT2D eigenvalue weighted by Crippen LogP contribution is 2.32. The molecule has 198 valence electrons. The molecule has 0 heterocycles. The normalized spacial score (nSPS) is 13.9. The first-order valence-electron chi connectivity index (χ1n) is 12.2. The molecule has 1 aromatic carbocycles. The molecule has 0 saturated carbocycles. The van der Waals surface area contributed by atoms with Crippen molar-refractivity contribution in [2.24, 2.45) is 0 Å². The SMILES string of the molecule is CCCC(C)NC(=O)C(c1cccc(C)c1O)N(CC)C(=O)C(CCSC)NC(=O)OC(C)(C)C. The number of alkyl carbamates (subject to hydrolysis) is 1. The summed E-state index contributed by atoms with van der Waals surface area (Å²) in [7, 11) is 0. The van der Waals surface area contributed by atoms with Crippen molar-refractivity contribution in [2.75, 3.05) is 18.6 Å². The molecular formula is C26H43N3O5S. The molecule has 0 saturated heterocycles. The minimum absolute atomic E-state index is 0.0252. The van der Waals surface area contributed by atoms with E-state index in [2.05, 4.69) is 10.6 Å². The molecule has 3 amide bonds. The maximum atomic E-state index is 13.8. The Morgan fingerprint density at radius 2 is 1.80 bits per heavy atom. The van der Waals surface area contributed by atoms with Gasteiger partial charge < -0.3 is 25.4 Å². The molecule has 3 unspecified atom stereocenters. The summed E-state index contributed by atoms with van der Waals surface area (Å²) in [6, 6.07) is 3.13. The van der Waals surface area contributed by atoms with Gasteiger partial charge >= 0.3 is 6.09 Å². The van der Waals surface area contributed by atoms with Crippen LogP contribution in [0, 0.1) is 6.92 Å². The van der Waals surface area contributed by atoms with Crippen LogP contribution < -0.4 is 10.6 Å². The molecule has 1 aromatic rings. The summed E-state index contributed by atoms with van der Waals surface area (Å²) < 4.78 is 5.37. The van der Waals surface area contributed by atoms with Crippen molar-refractivity contribution in [3.63, 3.8) is 0 Å². The van der Waals surface area contributed by atoms with Gasteiger partial charge in [0, 0.05) is 18.2 Å². The van der Waals surface area contributed by atoms with E-state index < -0.39 is 29.7 Å². The lowest BCUT2D eigenvalue weighted by molar-refractivity contribution is -0.142. The Hall–Kier alpha value is -2.42. The first kappa shape index (κ1) is 30.6. The molecule has 35 heavy (non-hydrogen) atoms. The third-order valence-electron chi connectivity index (χ3n) is 5.46. The second-order valence-electron chi connectivity index (χ2n) is 9.72. The van der Waals surface area contributed by atoms with Crippen LogP contribution in [0.4, 0.5) is 4.79 Å². The number of amides is 3. The highest BCUT2D eigenvalue weighted by Gasteiger charge is 2.37. The number of aromatic hydroxyl groups is 1. The van der Waals surface area contributed by atoms with Crippen LogP contribution in [-0.2, 0) is 14.3 Å². The summed E-state index contributed by atoms with van der Waals surface area (Å²) in [4.78, 5) is 41.2. The highest BCUT2D eigenvalue weighted by molar-refractivity contribution is 7.98. The van der Waals surface area contributed by atoms with Crippen molar-refractivity contribution in [1.82, 2.24) is 15.5 Å².